The Balaban J connectivity index is 2.68. The molecule has 0 radical (unpaired) electrons. The summed E-state index contributed by atoms with van der Waals surface area (Å²) in [6.07, 6.45) is 0. The van der Waals surface area contributed by atoms with E-state index >= 15 is 0 Å². The van der Waals surface area contributed by atoms with E-state index in [0.717, 1.165) is 5.01 Å². The van der Waals surface area contributed by atoms with Gasteiger partial charge in [-0.1, -0.05) is 13.8 Å². The van der Waals surface area contributed by atoms with Crippen LogP contribution in [0.4, 0.5) is 0 Å². The minimum atomic E-state index is -0.459. The lowest BCUT2D eigenvalue weighted by molar-refractivity contribution is 0.0933. The van der Waals surface area contributed by atoms with Gasteiger partial charge in [-0.3, -0.25) is 4.79 Å². The van der Waals surface area contributed by atoms with Crippen molar-refractivity contribution in [1.82, 2.24) is 10.3 Å². The van der Waals surface area contributed by atoms with Gasteiger partial charge >= 0.3 is 0 Å². The second-order valence-corrected chi connectivity index (χ2v) is 4.64. The van der Waals surface area contributed by atoms with Crippen LogP contribution in [0.3, 0.4) is 0 Å². The molecule has 80 valence electrons. The Hall–Kier alpha value is -1.41. The summed E-state index contributed by atoms with van der Waals surface area (Å²) in [5.41, 5.74) is 0.387. The summed E-state index contributed by atoms with van der Waals surface area (Å²) in [6.45, 7) is 5.62. The number of nitrogens with zero attached hydrogens (tertiary/aromatic N) is 2. The van der Waals surface area contributed by atoms with Crippen LogP contribution in [-0.2, 0) is 0 Å². The van der Waals surface area contributed by atoms with E-state index in [1.54, 1.807) is 5.38 Å². The number of carbonyl (C=O) groups excluding carboxylic acids is 1. The van der Waals surface area contributed by atoms with Crippen LogP contribution < -0.4 is 5.32 Å². The first-order valence-corrected chi connectivity index (χ1v) is 5.55. The number of rotatable bonds is 3. The Labute approximate surface area is 92.9 Å². The fourth-order valence-electron chi connectivity index (χ4n) is 1.03. The summed E-state index contributed by atoms with van der Waals surface area (Å²) in [6, 6.07) is 1.59. The van der Waals surface area contributed by atoms with Gasteiger partial charge in [0.2, 0.25) is 0 Å². The topological polar surface area (TPSA) is 65.8 Å². The van der Waals surface area contributed by atoms with Gasteiger partial charge < -0.3 is 5.32 Å². The van der Waals surface area contributed by atoms with Gasteiger partial charge in [-0.2, -0.15) is 5.26 Å². The monoisotopic (exact) mass is 223 g/mol. The van der Waals surface area contributed by atoms with Gasteiger partial charge in [0.1, 0.15) is 11.7 Å². The van der Waals surface area contributed by atoms with Gasteiger partial charge in [0.25, 0.3) is 5.91 Å². The van der Waals surface area contributed by atoms with Crippen molar-refractivity contribution in [3.05, 3.63) is 16.1 Å². The molecule has 1 N–H and O–H groups in total. The molecule has 0 aromatic carbocycles. The summed E-state index contributed by atoms with van der Waals surface area (Å²) in [4.78, 5) is 15.7. The predicted octanol–water partition coefficient (Wildman–Crippen LogP) is 1.73. The number of nitrogens with one attached hydrogen (secondary N) is 1. The number of nitriles is 1. The molecule has 4 nitrogen and oxygen atoms in total. The summed E-state index contributed by atoms with van der Waals surface area (Å²) in [7, 11) is 0. The zero-order chi connectivity index (χ0) is 11.4. The molecule has 15 heavy (non-hydrogen) atoms. The molecular formula is C10H13N3OS. The predicted molar refractivity (Wildman–Crippen MR) is 58.6 cm³/mol. The van der Waals surface area contributed by atoms with E-state index in [-0.39, 0.29) is 11.8 Å². The maximum absolute atomic E-state index is 11.6. The zero-order valence-electron chi connectivity index (χ0n) is 8.94. The number of aromatic nitrogens is 1. The maximum Gasteiger partial charge on any atom is 0.271 e. The third kappa shape index (κ3) is 3.03. The molecular weight excluding hydrogens is 210 g/mol. The molecule has 0 aliphatic heterocycles. The average molecular weight is 223 g/mol. The van der Waals surface area contributed by atoms with Gasteiger partial charge in [-0.05, 0) is 12.8 Å². The Bertz CT molecular complexity index is 392. The minimum Gasteiger partial charge on any atom is -0.335 e. The molecule has 5 heteroatoms. The van der Waals surface area contributed by atoms with Crippen molar-refractivity contribution >= 4 is 17.2 Å². The first-order chi connectivity index (χ1) is 7.04. The highest BCUT2D eigenvalue weighted by Crippen LogP contribution is 2.08. The SMILES string of the molecule is Cc1nc(C(=O)NC(C#N)C(C)C)cs1. The second-order valence-electron chi connectivity index (χ2n) is 3.58. The van der Waals surface area contributed by atoms with E-state index in [1.807, 2.05) is 20.8 Å². The molecule has 1 amide bonds. The average Bonchev–Trinajstić information content (AvgIpc) is 2.60. The second kappa shape index (κ2) is 4.89. The largest absolute Gasteiger partial charge is 0.335 e. The number of amides is 1. The van der Waals surface area contributed by atoms with Crippen molar-refractivity contribution in [2.75, 3.05) is 0 Å². The molecule has 0 spiro atoms. The van der Waals surface area contributed by atoms with Crippen molar-refractivity contribution in [2.24, 2.45) is 5.92 Å². The Morgan fingerprint density at radius 3 is 2.73 bits per heavy atom. The standard InChI is InChI=1S/C10H13N3OS/c1-6(2)8(4-11)13-10(14)9-5-15-7(3)12-9/h5-6,8H,1-3H3,(H,13,14). The van der Waals surface area contributed by atoms with E-state index in [1.165, 1.54) is 11.3 Å². The molecule has 1 unspecified atom stereocenters. The number of hydrogen-bond donors (Lipinski definition) is 1. The molecule has 1 atom stereocenters. The Morgan fingerprint density at radius 2 is 2.33 bits per heavy atom. The number of hydrogen-bond acceptors (Lipinski definition) is 4. The van der Waals surface area contributed by atoms with Crippen LogP contribution in [0.25, 0.3) is 0 Å². The van der Waals surface area contributed by atoms with E-state index < -0.39 is 6.04 Å². The molecule has 0 bridgehead atoms. The zero-order valence-corrected chi connectivity index (χ0v) is 9.76. The van der Waals surface area contributed by atoms with E-state index in [4.69, 9.17) is 5.26 Å². The van der Waals surface area contributed by atoms with Crippen LogP contribution in [0, 0.1) is 24.2 Å². The smallest absolute Gasteiger partial charge is 0.271 e. The van der Waals surface area contributed by atoms with E-state index in [0.29, 0.717) is 5.69 Å². The summed E-state index contributed by atoms with van der Waals surface area (Å²) >= 11 is 1.42. The van der Waals surface area contributed by atoms with Crippen LogP contribution in [0.15, 0.2) is 5.38 Å². The van der Waals surface area contributed by atoms with Crippen LogP contribution in [0.2, 0.25) is 0 Å². The van der Waals surface area contributed by atoms with Gasteiger partial charge in [-0.25, -0.2) is 4.98 Å². The summed E-state index contributed by atoms with van der Waals surface area (Å²) in [5, 5.41) is 14.0. The molecule has 1 aromatic rings. The molecule has 0 saturated carbocycles. The van der Waals surface area contributed by atoms with Crippen molar-refractivity contribution in [3.8, 4) is 6.07 Å². The Kier molecular flexibility index (Phi) is 3.81. The number of aryl methyl sites for hydroxylation is 1. The first-order valence-electron chi connectivity index (χ1n) is 4.67. The van der Waals surface area contributed by atoms with Crippen LogP contribution in [0.1, 0.15) is 29.3 Å². The molecule has 0 fully saturated rings. The van der Waals surface area contributed by atoms with Gasteiger partial charge in [0.05, 0.1) is 11.1 Å². The van der Waals surface area contributed by atoms with E-state index in [9.17, 15) is 4.79 Å². The van der Waals surface area contributed by atoms with Crippen molar-refractivity contribution in [2.45, 2.75) is 26.8 Å². The van der Waals surface area contributed by atoms with Crippen LogP contribution in [0.5, 0.6) is 0 Å². The maximum atomic E-state index is 11.6. The van der Waals surface area contributed by atoms with Gasteiger partial charge in [-0.15, -0.1) is 11.3 Å². The van der Waals surface area contributed by atoms with Gasteiger partial charge in [0, 0.05) is 5.38 Å². The van der Waals surface area contributed by atoms with Crippen molar-refractivity contribution in [3.63, 3.8) is 0 Å². The highest BCUT2D eigenvalue weighted by Gasteiger charge is 2.17. The molecule has 1 aromatic heterocycles. The normalized spacial score (nSPS) is 12.2. The molecule has 0 aliphatic rings. The van der Waals surface area contributed by atoms with Crippen molar-refractivity contribution in [1.29, 1.82) is 5.26 Å². The number of carbonyl (C=O) groups is 1. The highest BCUT2D eigenvalue weighted by molar-refractivity contribution is 7.09. The minimum absolute atomic E-state index is 0.0960. The third-order valence-electron chi connectivity index (χ3n) is 1.94. The molecule has 1 heterocycles. The van der Waals surface area contributed by atoms with Gasteiger partial charge in [0.15, 0.2) is 0 Å². The fraction of sp³-hybridized carbons (Fsp3) is 0.500. The lowest BCUT2D eigenvalue weighted by Crippen LogP contribution is -2.37. The summed E-state index contributed by atoms with van der Waals surface area (Å²) in [5.74, 6) is -0.182. The summed E-state index contributed by atoms with van der Waals surface area (Å²) < 4.78 is 0. The van der Waals surface area contributed by atoms with E-state index in [2.05, 4.69) is 16.4 Å². The molecule has 0 aliphatic carbocycles. The number of thiazole rings is 1. The molecule has 1 rings (SSSR count). The van der Waals surface area contributed by atoms with Crippen LogP contribution >= 0.6 is 11.3 Å². The fourth-order valence-corrected chi connectivity index (χ4v) is 1.62. The molecule has 0 saturated heterocycles. The van der Waals surface area contributed by atoms with Crippen molar-refractivity contribution < 1.29 is 4.79 Å². The lowest BCUT2D eigenvalue weighted by Gasteiger charge is -2.13. The van der Waals surface area contributed by atoms with Crippen LogP contribution in [-0.4, -0.2) is 16.9 Å². The first kappa shape index (κ1) is 11.7. The quantitative estimate of drug-likeness (QED) is 0.848. The third-order valence-corrected chi connectivity index (χ3v) is 2.72. The Morgan fingerprint density at radius 1 is 1.67 bits per heavy atom. The lowest BCUT2D eigenvalue weighted by atomic mass is 10.1. The highest BCUT2D eigenvalue weighted by atomic mass is 32.1.